The van der Waals surface area contributed by atoms with Gasteiger partial charge in [-0.15, -0.1) is 0 Å². The minimum atomic E-state index is 0.425. The molecule has 0 aliphatic carbocycles. The Labute approximate surface area is 143 Å². The molecule has 0 atom stereocenters. The second-order valence-electron chi connectivity index (χ2n) is 5.48. The molecule has 0 saturated heterocycles. The fourth-order valence-electron chi connectivity index (χ4n) is 2.51. The predicted octanol–water partition coefficient (Wildman–Crippen LogP) is 4.37. The zero-order valence-electron chi connectivity index (χ0n) is 13.8. The molecule has 25 heavy (non-hydrogen) atoms. The van der Waals surface area contributed by atoms with Crippen molar-refractivity contribution >= 4 is 23.3 Å². The molecule has 0 aliphatic rings. The summed E-state index contributed by atoms with van der Waals surface area (Å²) in [6, 6.07) is 13.3. The molecular weight excluding hydrogens is 318 g/mol. The molecule has 0 N–H and O–H groups in total. The summed E-state index contributed by atoms with van der Waals surface area (Å²) in [5.74, 6) is 2.36. The second-order valence-corrected chi connectivity index (χ2v) is 5.48. The Morgan fingerprint density at radius 2 is 1.96 bits per heavy atom. The van der Waals surface area contributed by atoms with Crippen LogP contribution in [-0.2, 0) is 0 Å². The van der Waals surface area contributed by atoms with Crippen LogP contribution in [0.15, 0.2) is 51.4 Å². The number of aromatic nitrogens is 3. The quantitative estimate of drug-likeness (QED) is 0.552. The van der Waals surface area contributed by atoms with Gasteiger partial charge in [0, 0.05) is 18.6 Å². The smallest absolute Gasteiger partial charge is 0.250 e. The van der Waals surface area contributed by atoms with Crippen molar-refractivity contribution in [2.24, 2.45) is 0 Å². The van der Waals surface area contributed by atoms with Crippen LogP contribution in [0.4, 0.5) is 0 Å². The zero-order chi connectivity index (χ0) is 17.2. The van der Waals surface area contributed by atoms with Gasteiger partial charge in [0.15, 0.2) is 11.5 Å². The van der Waals surface area contributed by atoms with Crippen LogP contribution in [0, 0.1) is 6.92 Å². The van der Waals surface area contributed by atoms with Crippen LogP contribution in [-0.4, -0.2) is 22.2 Å². The van der Waals surface area contributed by atoms with Crippen molar-refractivity contribution < 1.29 is 13.7 Å². The fourth-order valence-corrected chi connectivity index (χ4v) is 2.51. The van der Waals surface area contributed by atoms with Gasteiger partial charge in [-0.05, 0) is 42.0 Å². The highest BCUT2D eigenvalue weighted by molar-refractivity contribution is 5.78. The lowest BCUT2D eigenvalue weighted by molar-refractivity contribution is 0.411. The summed E-state index contributed by atoms with van der Waals surface area (Å²) in [4.78, 5) is 8.72. The van der Waals surface area contributed by atoms with E-state index in [4.69, 9.17) is 13.7 Å². The monoisotopic (exact) mass is 333 g/mol. The van der Waals surface area contributed by atoms with Crippen molar-refractivity contribution in [3.05, 3.63) is 59.8 Å². The van der Waals surface area contributed by atoms with Crippen molar-refractivity contribution in [2.75, 3.05) is 7.11 Å². The fraction of sp³-hybridized carbons (Fsp3) is 0.105. The normalized spacial score (nSPS) is 11.4. The van der Waals surface area contributed by atoms with Gasteiger partial charge in [-0.1, -0.05) is 17.3 Å². The highest BCUT2D eigenvalue weighted by atomic mass is 16.5. The lowest BCUT2D eigenvalue weighted by Gasteiger charge is -1.99. The maximum atomic E-state index is 5.47. The summed E-state index contributed by atoms with van der Waals surface area (Å²) in [5.41, 5.74) is 3.32. The van der Waals surface area contributed by atoms with Gasteiger partial charge in [0.25, 0.3) is 5.89 Å². The highest BCUT2D eigenvalue weighted by Gasteiger charge is 2.10. The third-order valence-corrected chi connectivity index (χ3v) is 3.71. The minimum Gasteiger partial charge on any atom is -0.497 e. The van der Waals surface area contributed by atoms with Crippen LogP contribution in [0.3, 0.4) is 0 Å². The Balaban J connectivity index is 1.59. The summed E-state index contributed by atoms with van der Waals surface area (Å²) in [7, 11) is 1.64. The Kier molecular flexibility index (Phi) is 3.78. The molecule has 0 fully saturated rings. The molecule has 6 heteroatoms. The molecule has 0 spiro atoms. The Bertz CT molecular complexity index is 1060. The average molecular weight is 333 g/mol. The van der Waals surface area contributed by atoms with Crippen LogP contribution in [0.2, 0.25) is 0 Å². The van der Waals surface area contributed by atoms with Crippen molar-refractivity contribution in [1.29, 1.82) is 0 Å². The van der Waals surface area contributed by atoms with Gasteiger partial charge in [0.1, 0.15) is 11.3 Å². The number of hydrogen-bond donors (Lipinski definition) is 0. The van der Waals surface area contributed by atoms with Crippen LogP contribution in [0.5, 0.6) is 5.75 Å². The number of fused-ring (bicyclic) bond motifs is 1. The van der Waals surface area contributed by atoms with Gasteiger partial charge in [-0.2, -0.15) is 4.98 Å². The van der Waals surface area contributed by atoms with Gasteiger partial charge in [-0.25, -0.2) is 4.98 Å². The molecule has 4 aromatic rings. The van der Waals surface area contributed by atoms with Gasteiger partial charge in [-0.3, -0.25) is 0 Å². The van der Waals surface area contributed by atoms with Crippen molar-refractivity contribution in [2.45, 2.75) is 6.92 Å². The number of oxazole rings is 1. The highest BCUT2D eigenvalue weighted by Crippen LogP contribution is 2.23. The molecule has 2 aromatic carbocycles. The first-order valence-electron chi connectivity index (χ1n) is 7.75. The predicted molar refractivity (Wildman–Crippen MR) is 94.0 cm³/mol. The lowest BCUT2D eigenvalue weighted by Crippen LogP contribution is -1.82. The first kappa shape index (κ1) is 15.1. The van der Waals surface area contributed by atoms with E-state index in [0.29, 0.717) is 17.6 Å². The summed E-state index contributed by atoms with van der Waals surface area (Å²) in [5, 5.41) is 4.03. The summed E-state index contributed by atoms with van der Waals surface area (Å²) in [6.45, 7) is 1.81. The third kappa shape index (κ3) is 3.14. The Hall–Kier alpha value is -3.41. The number of benzene rings is 2. The largest absolute Gasteiger partial charge is 0.497 e. The zero-order valence-corrected chi connectivity index (χ0v) is 13.8. The van der Waals surface area contributed by atoms with Crippen LogP contribution in [0.1, 0.15) is 17.3 Å². The molecule has 4 rings (SSSR count). The SMILES string of the molecule is COc1cccc(/C=C/c2nc(-c3ccc4oc(C)nc4c3)no2)c1. The molecule has 2 heterocycles. The molecule has 0 amide bonds. The summed E-state index contributed by atoms with van der Waals surface area (Å²) < 4.78 is 16.0. The van der Waals surface area contributed by atoms with E-state index in [1.807, 2.05) is 55.5 Å². The number of rotatable bonds is 4. The second kappa shape index (κ2) is 6.24. The topological polar surface area (TPSA) is 74.2 Å². The number of methoxy groups -OCH3 is 1. The summed E-state index contributed by atoms with van der Waals surface area (Å²) >= 11 is 0. The van der Waals surface area contributed by atoms with E-state index in [2.05, 4.69) is 15.1 Å². The lowest BCUT2D eigenvalue weighted by atomic mass is 10.2. The number of nitrogens with zero attached hydrogens (tertiary/aromatic N) is 3. The molecule has 0 radical (unpaired) electrons. The average Bonchev–Trinajstić information content (AvgIpc) is 3.25. The number of hydrogen-bond acceptors (Lipinski definition) is 6. The van der Waals surface area contributed by atoms with Crippen molar-refractivity contribution in [1.82, 2.24) is 15.1 Å². The van der Waals surface area contributed by atoms with Crippen LogP contribution in [0.25, 0.3) is 34.6 Å². The maximum absolute atomic E-state index is 5.47. The van der Waals surface area contributed by atoms with E-state index in [0.717, 1.165) is 28.0 Å². The minimum absolute atomic E-state index is 0.425. The first-order chi connectivity index (χ1) is 12.2. The molecule has 2 aromatic heterocycles. The molecule has 0 unspecified atom stereocenters. The number of aryl methyl sites for hydroxylation is 1. The van der Waals surface area contributed by atoms with Crippen LogP contribution < -0.4 is 4.74 Å². The number of ether oxygens (including phenoxy) is 1. The molecule has 6 nitrogen and oxygen atoms in total. The molecule has 0 saturated carbocycles. The Morgan fingerprint density at radius 3 is 2.84 bits per heavy atom. The molecule has 0 aliphatic heterocycles. The maximum Gasteiger partial charge on any atom is 0.250 e. The van der Waals surface area contributed by atoms with E-state index >= 15 is 0 Å². The molecular formula is C19H15N3O3. The van der Waals surface area contributed by atoms with Gasteiger partial charge >= 0.3 is 0 Å². The van der Waals surface area contributed by atoms with Gasteiger partial charge in [0.05, 0.1) is 7.11 Å². The third-order valence-electron chi connectivity index (χ3n) is 3.71. The van der Waals surface area contributed by atoms with Gasteiger partial charge in [0.2, 0.25) is 5.82 Å². The molecule has 124 valence electrons. The Morgan fingerprint density at radius 1 is 1.04 bits per heavy atom. The van der Waals surface area contributed by atoms with E-state index in [-0.39, 0.29) is 0 Å². The van der Waals surface area contributed by atoms with E-state index in [1.54, 1.807) is 13.2 Å². The van der Waals surface area contributed by atoms with Crippen LogP contribution >= 0.6 is 0 Å². The standard InChI is InChI=1S/C19H15N3O3/c1-12-20-16-11-14(7-8-17(16)24-12)19-21-18(25-22-19)9-6-13-4-3-5-15(10-13)23-2/h3-11H,1-2H3/b9-6+. The summed E-state index contributed by atoms with van der Waals surface area (Å²) in [6.07, 6.45) is 3.66. The van der Waals surface area contributed by atoms with Crippen molar-refractivity contribution in [3.8, 4) is 17.1 Å². The van der Waals surface area contributed by atoms with Gasteiger partial charge < -0.3 is 13.7 Å². The van der Waals surface area contributed by atoms with E-state index in [9.17, 15) is 0 Å². The van der Waals surface area contributed by atoms with Crippen molar-refractivity contribution in [3.63, 3.8) is 0 Å². The van der Waals surface area contributed by atoms with E-state index < -0.39 is 0 Å². The van der Waals surface area contributed by atoms with E-state index in [1.165, 1.54) is 0 Å². The first-order valence-corrected chi connectivity index (χ1v) is 7.75. The molecule has 0 bridgehead atoms.